The van der Waals surface area contributed by atoms with E-state index < -0.39 is 53.0 Å². The Bertz CT molecular complexity index is 1650. The van der Waals surface area contributed by atoms with Gasteiger partial charge in [0.1, 0.15) is 17.6 Å². The molecule has 0 bridgehead atoms. The number of nitrogens with two attached hydrogens (primary N) is 1. The lowest BCUT2D eigenvalue weighted by Gasteiger charge is -2.43. The van der Waals surface area contributed by atoms with Gasteiger partial charge in [-0.15, -0.1) is 11.3 Å². The van der Waals surface area contributed by atoms with Gasteiger partial charge in [-0.1, -0.05) is 18.2 Å². The SMILES string of the molecule is CCOC(=O)C1=C(N)N(c2ccc(C(F)(F)F)cc2)C2=C(C(=O)C(C(=O)OCC)C(c3cccs3)C2)C1c1cccc(F)c1. The highest BCUT2D eigenvalue weighted by atomic mass is 32.1. The standard InChI is InChI=1S/C32H28F4N2O5S/c1-3-42-30(40)25-21(23-9-6-14-44-23)16-22-26(28(25)39)24(17-7-5-8-19(33)15-17)27(31(41)43-4-2)29(37)38(22)20-12-10-18(11-13-20)32(34,35)36/h5-15,21,24-25H,3-4,16,37H2,1-2H3. The summed E-state index contributed by atoms with van der Waals surface area (Å²) in [7, 11) is 0. The third kappa shape index (κ3) is 5.61. The Hall–Kier alpha value is -4.45. The van der Waals surface area contributed by atoms with Gasteiger partial charge in [-0.2, -0.15) is 13.2 Å². The summed E-state index contributed by atoms with van der Waals surface area (Å²) in [5.41, 5.74) is 6.19. The maximum atomic E-state index is 14.6. The quantitative estimate of drug-likeness (QED) is 0.183. The fraction of sp³-hybridized carbons (Fsp3) is 0.281. The summed E-state index contributed by atoms with van der Waals surface area (Å²) in [5.74, 6) is -6.40. The van der Waals surface area contributed by atoms with E-state index in [2.05, 4.69) is 0 Å². The summed E-state index contributed by atoms with van der Waals surface area (Å²) < 4.78 is 65.6. The van der Waals surface area contributed by atoms with Crippen molar-refractivity contribution in [3.8, 4) is 0 Å². The first kappa shape index (κ1) is 31.0. The Balaban J connectivity index is 1.81. The lowest BCUT2D eigenvalue weighted by Crippen LogP contribution is -2.46. The number of carbonyl (C=O) groups excluding carboxylic acids is 3. The van der Waals surface area contributed by atoms with Gasteiger partial charge in [-0.25, -0.2) is 9.18 Å². The summed E-state index contributed by atoms with van der Waals surface area (Å²) in [6.45, 7) is 3.14. The van der Waals surface area contributed by atoms with E-state index in [1.54, 1.807) is 31.4 Å². The number of ketones is 1. The zero-order valence-corrected chi connectivity index (χ0v) is 24.5. The highest BCUT2D eigenvalue weighted by molar-refractivity contribution is 7.10. The van der Waals surface area contributed by atoms with Crippen molar-refractivity contribution in [2.24, 2.45) is 11.7 Å². The molecule has 3 aromatic rings. The van der Waals surface area contributed by atoms with Gasteiger partial charge in [0.15, 0.2) is 5.78 Å². The normalized spacial score (nSPS) is 20.5. The number of thiophene rings is 1. The first-order valence-electron chi connectivity index (χ1n) is 13.8. The van der Waals surface area contributed by atoms with Crippen LogP contribution in [0, 0.1) is 11.7 Å². The Morgan fingerprint density at radius 3 is 2.32 bits per heavy atom. The largest absolute Gasteiger partial charge is 0.465 e. The number of allylic oxidation sites excluding steroid dienone is 2. The molecule has 0 fully saturated rings. The maximum Gasteiger partial charge on any atom is 0.416 e. The van der Waals surface area contributed by atoms with Crippen LogP contribution in [-0.4, -0.2) is 30.9 Å². The molecule has 12 heteroatoms. The molecule has 3 unspecified atom stereocenters. The lowest BCUT2D eigenvalue weighted by atomic mass is 9.68. The average molecular weight is 629 g/mol. The van der Waals surface area contributed by atoms with E-state index in [1.807, 2.05) is 0 Å². The predicted molar refractivity (Wildman–Crippen MR) is 155 cm³/mol. The van der Waals surface area contributed by atoms with Crippen molar-refractivity contribution in [3.63, 3.8) is 0 Å². The molecule has 2 aromatic carbocycles. The van der Waals surface area contributed by atoms with E-state index in [0.29, 0.717) is 4.88 Å². The minimum absolute atomic E-state index is 0.0115. The van der Waals surface area contributed by atoms with Crippen molar-refractivity contribution in [2.75, 3.05) is 18.1 Å². The second-order valence-electron chi connectivity index (χ2n) is 10.2. The van der Waals surface area contributed by atoms with Gasteiger partial charge in [-0.05, 0) is 73.7 Å². The van der Waals surface area contributed by atoms with Crippen molar-refractivity contribution in [1.29, 1.82) is 0 Å². The second-order valence-corrected chi connectivity index (χ2v) is 11.1. The van der Waals surface area contributed by atoms with Crippen LogP contribution in [0.25, 0.3) is 0 Å². The van der Waals surface area contributed by atoms with Gasteiger partial charge in [0.25, 0.3) is 0 Å². The average Bonchev–Trinajstić information content (AvgIpc) is 3.51. The van der Waals surface area contributed by atoms with Gasteiger partial charge in [0.05, 0.1) is 30.3 Å². The number of hydrogen-bond donors (Lipinski definition) is 1. The third-order valence-electron chi connectivity index (χ3n) is 7.62. The molecule has 0 saturated heterocycles. The molecule has 44 heavy (non-hydrogen) atoms. The number of nitrogens with zero attached hydrogens (tertiary/aromatic N) is 1. The first-order valence-corrected chi connectivity index (χ1v) is 14.7. The molecule has 2 heterocycles. The van der Waals surface area contributed by atoms with Crippen LogP contribution >= 0.6 is 11.3 Å². The summed E-state index contributed by atoms with van der Waals surface area (Å²) in [5, 5.41) is 1.79. The van der Waals surface area contributed by atoms with Crippen LogP contribution in [0.4, 0.5) is 23.2 Å². The van der Waals surface area contributed by atoms with Crippen LogP contribution in [0.3, 0.4) is 0 Å². The van der Waals surface area contributed by atoms with Crippen LogP contribution in [0.2, 0.25) is 0 Å². The highest BCUT2D eigenvalue weighted by Crippen LogP contribution is 2.52. The number of halogens is 4. The van der Waals surface area contributed by atoms with Gasteiger partial charge < -0.3 is 15.2 Å². The molecule has 2 N–H and O–H groups in total. The minimum Gasteiger partial charge on any atom is -0.465 e. The van der Waals surface area contributed by atoms with Crippen molar-refractivity contribution in [2.45, 2.75) is 38.3 Å². The lowest BCUT2D eigenvalue weighted by molar-refractivity contribution is -0.152. The third-order valence-corrected chi connectivity index (χ3v) is 8.62. The zero-order valence-electron chi connectivity index (χ0n) is 23.7. The van der Waals surface area contributed by atoms with E-state index in [1.165, 1.54) is 46.6 Å². The van der Waals surface area contributed by atoms with Crippen LogP contribution in [0.15, 0.2) is 88.7 Å². The topological polar surface area (TPSA) is 98.9 Å². The van der Waals surface area contributed by atoms with Crippen LogP contribution < -0.4 is 10.6 Å². The first-order chi connectivity index (χ1) is 21.0. The molecule has 1 aromatic heterocycles. The van der Waals surface area contributed by atoms with Crippen molar-refractivity contribution < 1.29 is 41.4 Å². The number of alkyl halides is 3. The molecule has 1 aliphatic carbocycles. The summed E-state index contributed by atoms with van der Waals surface area (Å²) in [6, 6.07) is 13.0. The summed E-state index contributed by atoms with van der Waals surface area (Å²) >= 11 is 1.33. The van der Waals surface area contributed by atoms with Crippen molar-refractivity contribution in [1.82, 2.24) is 0 Å². The molecule has 230 valence electrons. The number of carbonyl (C=O) groups is 3. The molecule has 0 saturated carbocycles. The van der Waals surface area contributed by atoms with Crippen molar-refractivity contribution >= 4 is 34.7 Å². The molecule has 0 radical (unpaired) electrons. The van der Waals surface area contributed by atoms with Gasteiger partial charge in [-0.3, -0.25) is 14.5 Å². The van der Waals surface area contributed by atoms with Gasteiger partial charge in [0.2, 0.25) is 0 Å². The molecule has 7 nitrogen and oxygen atoms in total. The Labute approximate surface area is 254 Å². The van der Waals surface area contributed by atoms with Crippen LogP contribution in [0.1, 0.15) is 48.1 Å². The van der Waals surface area contributed by atoms with Crippen LogP contribution in [0.5, 0.6) is 0 Å². The summed E-state index contributed by atoms with van der Waals surface area (Å²) in [6.07, 6.45) is -4.57. The maximum absolute atomic E-state index is 14.6. The molecule has 2 aliphatic rings. The van der Waals surface area contributed by atoms with Crippen molar-refractivity contribution in [3.05, 3.63) is 111 Å². The molecular weight excluding hydrogens is 600 g/mol. The molecule has 3 atom stereocenters. The number of benzene rings is 2. The molecule has 0 amide bonds. The number of hydrogen-bond acceptors (Lipinski definition) is 8. The Morgan fingerprint density at radius 2 is 1.73 bits per heavy atom. The fourth-order valence-corrected chi connectivity index (χ4v) is 6.69. The minimum atomic E-state index is -4.61. The monoisotopic (exact) mass is 628 g/mol. The highest BCUT2D eigenvalue weighted by Gasteiger charge is 2.51. The van der Waals surface area contributed by atoms with Crippen LogP contribution in [-0.2, 0) is 30.0 Å². The number of ether oxygens (including phenoxy) is 2. The summed E-state index contributed by atoms with van der Waals surface area (Å²) in [4.78, 5) is 43.6. The smallest absolute Gasteiger partial charge is 0.416 e. The number of esters is 2. The fourth-order valence-electron chi connectivity index (χ4n) is 5.82. The van der Waals surface area contributed by atoms with E-state index >= 15 is 0 Å². The molecular formula is C32H28F4N2O5S. The number of rotatable bonds is 7. The Morgan fingerprint density at radius 1 is 1.02 bits per heavy atom. The second kappa shape index (κ2) is 12.3. The zero-order chi connectivity index (χ0) is 31.8. The Kier molecular flexibility index (Phi) is 8.64. The van der Waals surface area contributed by atoms with E-state index in [-0.39, 0.29) is 53.5 Å². The van der Waals surface area contributed by atoms with Gasteiger partial charge in [0, 0.05) is 27.8 Å². The molecule has 0 spiro atoms. The predicted octanol–water partition coefficient (Wildman–Crippen LogP) is 6.43. The van der Waals surface area contributed by atoms with E-state index in [4.69, 9.17) is 15.2 Å². The van der Waals surface area contributed by atoms with Gasteiger partial charge >= 0.3 is 18.1 Å². The molecule has 1 aliphatic heterocycles. The number of anilines is 1. The molecule has 5 rings (SSSR count). The van der Waals surface area contributed by atoms with E-state index in [9.17, 15) is 31.9 Å². The van der Waals surface area contributed by atoms with E-state index in [0.717, 1.165) is 18.2 Å². The number of Topliss-reactive ketones (excluding diaryl/α,β-unsaturated/α-hetero) is 1.